The highest BCUT2D eigenvalue weighted by atomic mass is 16.5. The maximum absolute atomic E-state index is 12.5. The van der Waals surface area contributed by atoms with Crippen molar-refractivity contribution in [1.29, 1.82) is 0 Å². The van der Waals surface area contributed by atoms with Gasteiger partial charge in [0, 0.05) is 39.3 Å². The van der Waals surface area contributed by atoms with Gasteiger partial charge in [-0.3, -0.25) is 9.69 Å². The molecule has 2 aromatic rings. The standard InChI is InChI=1S/C19H25N5O3/c1-15-17(14-21-24(15)16-6-4-3-5-7-16)18(25)20-8-9-22-10-12-23(13-11-22)19(26)27-2/h3-7,14H,8-13H2,1-2H3,(H,20,25). The molecule has 0 radical (unpaired) electrons. The summed E-state index contributed by atoms with van der Waals surface area (Å²) in [5, 5.41) is 7.29. The minimum Gasteiger partial charge on any atom is -0.453 e. The number of ether oxygens (including phenoxy) is 1. The van der Waals surface area contributed by atoms with Gasteiger partial charge in [-0.1, -0.05) is 18.2 Å². The molecule has 1 saturated heterocycles. The zero-order valence-electron chi connectivity index (χ0n) is 15.7. The first kappa shape index (κ1) is 18.9. The monoisotopic (exact) mass is 371 g/mol. The molecule has 0 bridgehead atoms. The zero-order chi connectivity index (χ0) is 19.2. The van der Waals surface area contributed by atoms with E-state index in [4.69, 9.17) is 4.74 Å². The maximum atomic E-state index is 12.5. The number of benzene rings is 1. The van der Waals surface area contributed by atoms with Gasteiger partial charge in [0.25, 0.3) is 5.91 Å². The number of aromatic nitrogens is 2. The fourth-order valence-corrected chi connectivity index (χ4v) is 3.17. The van der Waals surface area contributed by atoms with Gasteiger partial charge in [-0.05, 0) is 19.1 Å². The summed E-state index contributed by atoms with van der Waals surface area (Å²) >= 11 is 0. The molecule has 8 nitrogen and oxygen atoms in total. The highest BCUT2D eigenvalue weighted by Crippen LogP contribution is 2.13. The van der Waals surface area contributed by atoms with Crippen molar-refractivity contribution in [3.63, 3.8) is 0 Å². The van der Waals surface area contributed by atoms with Crippen LogP contribution in [-0.4, -0.2) is 78.0 Å². The molecule has 2 heterocycles. The average Bonchev–Trinajstić information content (AvgIpc) is 3.10. The van der Waals surface area contributed by atoms with E-state index in [9.17, 15) is 9.59 Å². The highest BCUT2D eigenvalue weighted by molar-refractivity contribution is 5.95. The van der Waals surface area contributed by atoms with Gasteiger partial charge in [0.1, 0.15) is 0 Å². The lowest BCUT2D eigenvalue weighted by Crippen LogP contribution is -2.50. The predicted molar refractivity (Wildman–Crippen MR) is 101 cm³/mol. The second-order valence-electron chi connectivity index (χ2n) is 6.45. The summed E-state index contributed by atoms with van der Waals surface area (Å²) in [6.45, 7) is 6.01. The van der Waals surface area contributed by atoms with Gasteiger partial charge in [0.15, 0.2) is 0 Å². The van der Waals surface area contributed by atoms with E-state index < -0.39 is 0 Å². The number of carbonyl (C=O) groups excluding carboxylic acids is 2. The largest absolute Gasteiger partial charge is 0.453 e. The summed E-state index contributed by atoms with van der Waals surface area (Å²) in [5.74, 6) is -0.122. The number of amides is 2. The van der Waals surface area contributed by atoms with Crippen LogP contribution in [-0.2, 0) is 4.74 Å². The van der Waals surface area contributed by atoms with E-state index in [2.05, 4.69) is 15.3 Å². The van der Waals surface area contributed by atoms with Crippen LogP contribution in [0.3, 0.4) is 0 Å². The van der Waals surface area contributed by atoms with Crippen LogP contribution in [0.4, 0.5) is 4.79 Å². The molecule has 8 heteroatoms. The van der Waals surface area contributed by atoms with E-state index in [1.54, 1.807) is 15.8 Å². The second-order valence-corrected chi connectivity index (χ2v) is 6.45. The molecular formula is C19H25N5O3. The average molecular weight is 371 g/mol. The minimum atomic E-state index is -0.283. The first-order valence-electron chi connectivity index (χ1n) is 9.03. The molecule has 0 unspecified atom stereocenters. The fourth-order valence-electron chi connectivity index (χ4n) is 3.17. The first-order chi connectivity index (χ1) is 13.1. The molecule has 0 atom stereocenters. The molecular weight excluding hydrogens is 346 g/mol. The summed E-state index contributed by atoms with van der Waals surface area (Å²) in [6, 6.07) is 9.73. The van der Waals surface area contributed by atoms with E-state index in [0.29, 0.717) is 25.2 Å². The lowest BCUT2D eigenvalue weighted by molar-refractivity contribution is 0.0884. The topological polar surface area (TPSA) is 79.7 Å². The molecule has 1 aliphatic rings. The molecule has 1 fully saturated rings. The van der Waals surface area contributed by atoms with Gasteiger partial charge in [0.05, 0.1) is 30.3 Å². The van der Waals surface area contributed by atoms with Crippen LogP contribution < -0.4 is 5.32 Å². The summed E-state index contributed by atoms with van der Waals surface area (Å²) < 4.78 is 6.50. The Kier molecular flexibility index (Phi) is 6.08. The van der Waals surface area contributed by atoms with Crippen LogP contribution in [0, 0.1) is 6.92 Å². The van der Waals surface area contributed by atoms with Crippen LogP contribution >= 0.6 is 0 Å². The Bertz CT molecular complexity index is 782. The predicted octanol–water partition coefficient (Wildman–Crippen LogP) is 1.29. The van der Waals surface area contributed by atoms with Gasteiger partial charge < -0.3 is 15.0 Å². The SMILES string of the molecule is COC(=O)N1CCN(CCNC(=O)c2cnn(-c3ccccc3)c2C)CC1. The Morgan fingerprint density at radius 2 is 1.85 bits per heavy atom. The first-order valence-corrected chi connectivity index (χ1v) is 9.03. The van der Waals surface area contributed by atoms with E-state index in [0.717, 1.165) is 31.0 Å². The van der Waals surface area contributed by atoms with Crippen molar-refractivity contribution in [2.24, 2.45) is 0 Å². The lowest BCUT2D eigenvalue weighted by atomic mass is 10.2. The molecule has 0 spiro atoms. The van der Waals surface area contributed by atoms with Gasteiger partial charge in [-0.25, -0.2) is 9.48 Å². The number of rotatable bonds is 5. The molecule has 1 aliphatic heterocycles. The molecule has 1 aromatic heterocycles. The third-order valence-corrected chi connectivity index (χ3v) is 4.77. The van der Waals surface area contributed by atoms with Crippen LogP contribution in [0.2, 0.25) is 0 Å². The third kappa shape index (κ3) is 4.46. The van der Waals surface area contributed by atoms with Crippen molar-refractivity contribution in [2.45, 2.75) is 6.92 Å². The molecule has 1 N–H and O–H groups in total. The van der Waals surface area contributed by atoms with E-state index >= 15 is 0 Å². The van der Waals surface area contributed by atoms with Crippen LogP contribution in [0.15, 0.2) is 36.5 Å². The number of methoxy groups -OCH3 is 1. The third-order valence-electron chi connectivity index (χ3n) is 4.77. The van der Waals surface area contributed by atoms with Gasteiger partial charge in [0.2, 0.25) is 0 Å². The van der Waals surface area contributed by atoms with Gasteiger partial charge in [-0.15, -0.1) is 0 Å². The zero-order valence-corrected chi connectivity index (χ0v) is 15.7. The van der Waals surface area contributed by atoms with Crippen molar-refractivity contribution < 1.29 is 14.3 Å². The molecule has 0 aliphatic carbocycles. The van der Waals surface area contributed by atoms with Crippen molar-refractivity contribution >= 4 is 12.0 Å². The summed E-state index contributed by atoms with van der Waals surface area (Å²) in [6.07, 6.45) is 1.32. The molecule has 27 heavy (non-hydrogen) atoms. The number of piperazine rings is 1. The van der Waals surface area contributed by atoms with Crippen molar-refractivity contribution in [3.05, 3.63) is 47.8 Å². The number of hydrogen-bond acceptors (Lipinski definition) is 5. The smallest absolute Gasteiger partial charge is 0.409 e. The Morgan fingerprint density at radius 3 is 2.52 bits per heavy atom. The molecule has 2 amide bonds. The Labute approximate surface area is 158 Å². The summed E-state index contributed by atoms with van der Waals surface area (Å²) in [7, 11) is 1.39. The number of nitrogens with one attached hydrogen (secondary N) is 1. The van der Waals surface area contributed by atoms with Gasteiger partial charge >= 0.3 is 6.09 Å². The minimum absolute atomic E-state index is 0.122. The van der Waals surface area contributed by atoms with Gasteiger partial charge in [-0.2, -0.15) is 5.10 Å². The lowest BCUT2D eigenvalue weighted by Gasteiger charge is -2.33. The number of para-hydroxylation sites is 1. The number of hydrogen-bond donors (Lipinski definition) is 1. The summed E-state index contributed by atoms with van der Waals surface area (Å²) in [5.41, 5.74) is 2.32. The molecule has 144 valence electrons. The Balaban J connectivity index is 1.48. The quantitative estimate of drug-likeness (QED) is 0.857. The number of nitrogens with zero attached hydrogens (tertiary/aromatic N) is 4. The van der Waals surface area contributed by atoms with Crippen LogP contribution in [0.25, 0.3) is 5.69 Å². The molecule has 3 rings (SSSR count). The highest BCUT2D eigenvalue weighted by Gasteiger charge is 2.21. The number of carbonyl (C=O) groups is 2. The summed E-state index contributed by atoms with van der Waals surface area (Å²) in [4.78, 5) is 27.9. The molecule has 1 aromatic carbocycles. The van der Waals surface area contributed by atoms with E-state index in [-0.39, 0.29) is 12.0 Å². The molecule has 0 saturated carbocycles. The normalized spacial score (nSPS) is 14.8. The van der Waals surface area contributed by atoms with Crippen LogP contribution in [0.5, 0.6) is 0 Å². The van der Waals surface area contributed by atoms with Crippen molar-refractivity contribution in [1.82, 2.24) is 24.9 Å². The van der Waals surface area contributed by atoms with E-state index in [1.165, 1.54) is 7.11 Å². The van der Waals surface area contributed by atoms with Crippen molar-refractivity contribution in [2.75, 3.05) is 46.4 Å². The second kappa shape index (κ2) is 8.68. The maximum Gasteiger partial charge on any atom is 0.409 e. The van der Waals surface area contributed by atoms with Crippen molar-refractivity contribution in [3.8, 4) is 5.69 Å². The Morgan fingerprint density at radius 1 is 1.15 bits per heavy atom. The Hall–Kier alpha value is -2.87. The van der Waals surface area contributed by atoms with Crippen LogP contribution in [0.1, 0.15) is 16.1 Å². The van der Waals surface area contributed by atoms with E-state index in [1.807, 2.05) is 37.3 Å². The fraction of sp³-hybridized carbons (Fsp3) is 0.421.